The summed E-state index contributed by atoms with van der Waals surface area (Å²) in [6.45, 7) is 3.95. The third-order valence-corrected chi connectivity index (χ3v) is 8.57. The molecule has 1 heterocycles. The van der Waals surface area contributed by atoms with Gasteiger partial charge in [0.2, 0.25) is 10.0 Å². The summed E-state index contributed by atoms with van der Waals surface area (Å²) in [5.41, 5.74) is 9.24. The molecule has 0 radical (unpaired) electrons. The van der Waals surface area contributed by atoms with E-state index in [1.807, 2.05) is 66.4 Å². The molecule has 1 aliphatic heterocycles. The fourth-order valence-electron chi connectivity index (χ4n) is 4.96. The Bertz CT molecular complexity index is 1490. The number of cyclic esters (lactones) is 1. The Morgan fingerprint density at radius 1 is 0.975 bits per heavy atom. The summed E-state index contributed by atoms with van der Waals surface area (Å²) in [4.78, 5) is 29.0. The van der Waals surface area contributed by atoms with Gasteiger partial charge in [-0.15, -0.1) is 0 Å². The number of fused-ring (bicyclic) bond motifs is 4. The maximum absolute atomic E-state index is 14.1. The zero-order chi connectivity index (χ0) is 29.1. The molecule has 0 aliphatic carbocycles. The third-order valence-electron chi connectivity index (χ3n) is 7.36. The summed E-state index contributed by atoms with van der Waals surface area (Å²) in [6.07, 6.45) is 2.84. The van der Waals surface area contributed by atoms with Gasteiger partial charge in [0, 0.05) is 25.6 Å². The van der Waals surface area contributed by atoms with Gasteiger partial charge in [-0.2, -0.15) is 0 Å². The molecule has 4 bridgehead atoms. The Morgan fingerprint density at radius 2 is 1.68 bits per heavy atom. The van der Waals surface area contributed by atoms with Gasteiger partial charge in [-0.1, -0.05) is 54.6 Å². The molecular formula is C31H37N3O5S. The van der Waals surface area contributed by atoms with E-state index in [-0.39, 0.29) is 18.6 Å². The van der Waals surface area contributed by atoms with Gasteiger partial charge in [0.25, 0.3) is 5.91 Å². The number of esters is 1. The van der Waals surface area contributed by atoms with E-state index in [1.54, 1.807) is 25.1 Å². The molecular weight excluding hydrogens is 526 g/mol. The maximum Gasteiger partial charge on any atom is 0.326 e. The minimum Gasteiger partial charge on any atom is -0.459 e. The lowest BCUT2D eigenvalue weighted by Gasteiger charge is -2.31. The van der Waals surface area contributed by atoms with Gasteiger partial charge in [0.1, 0.15) is 12.1 Å². The Kier molecular flexibility index (Phi) is 8.65. The number of sulfonamides is 1. The lowest BCUT2D eigenvalue weighted by molar-refractivity contribution is -0.150. The van der Waals surface area contributed by atoms with Crippen molar-refractivity contribution in [3.05, 3.63) is 101 Å². The number of amides is 1. The van der Waals surface area contributed by atoms with Gasteiger partial charge >= 0.3 is 5.97 Å². The summed E-state index contributed by atoms with van der Waals surface area (Å²) in [7, 11) is -2.18. The number of ether oxygens (including phenoxy) is 1. The number of benzene rings is 3. The van der Waals surface area contributed by atoms with Crippen LogP contribution in [0.4, 0.5) is 5.69 Å². The maximum atomic E-state index is 14.1. The molecule has 8 nitrogen and oxygen atoms in total. The predicted octanol–water partition coefficient (Wildman–Crippen LogP) is 4.24. The second kappa shape index (κ2) is 11.8. The van der Waals surface area contributed by atoms with Crippen LogP contribution in [0.25, 0.3) is 0 Å². The Labute approximate surface area is 236 Å². The molecule has 2 N–H and O–H groups in total. The summed E-state index contributed by atoms with van der Waals surface area (Å²) >= 11 is 0. The number of carbonyl (C=O) groups excluding carboxylic acids is 2. The van der Waals surface area contributed by atoms with Gasteiger partial charge in [-0.25, -0.2) is 8.42 Å². The van der Waals surface area contributed by atoms with E-state index in [9.17, 15) is 18.0 Å². The largest absolute Gasteiger partial charge is 0.459 e. The highest BCUT2D eigenvalue weighted by molar-refractivity contribution is 7.92. The average molecular weight is 564 g/mol. The number of hydrogen-bond donors (Lipinski definition) is 1. The molecule has 0 saturated heterocycles. The van der Waals surface area contributed by atoms with Gasteiger partial charge < -0.3 is 15.4 Å². The van der Waals surface area contributed by atoms with Crippen molar-refractivity contribution in [3.8, 4) is 0 Å². The van der Waals surface area contributed by atoms with Gasteiger partial charge in [0.05, 0.1) is 18.0 Å². The van der Waals surface area contributed by atoms with Gasteiger partial charge in [-0.3, -0.25) is 13.9 Å². The van der Waals surface area contributed by atoms with Crippen LogP contribution < -0.4 is 10.0 Å². The molecule has 212 valence electrons. The summed E-state index contributed by atoms with van der Waals surface area (Å²) < 4.78 is 31.5. The molecule has 9 heteroatoms. The first-order valence-electron chi connectivity index (χ1n) is 13.3. The number of nitrogens with zero attached hydrogens (tertiary/aromatic N) is 2. The average Bonchev–Trinajstić information content (AvgIpc) is 2.92. The zero-order valence-electron chi connectivity index (χ0n) is 23.5. The first-order valence-corrected chi connectivity index (χ1v) is 15.2. The third kappa shape index (κ3) is 6.89. The van der Waals surface area contributed by atoms with Crippen LogP contribution >= 0.6 is 0 Å². The standard InChI is InChI=1S/C31H37N3O5S/c1-22(26-13-6-5-7-14-26)34-15-9-12-23-10-8-11-24(16-23)20-31(2,32)30(36)39-21-25-17-27(29(34)35)19-28(18-25)33(3)40(4,37)38/h5-8,10-11,13-14,16-19,22H,9,12,15,20-21,32H2,1-4H3/t22-,31?/m1/s1. The molecule has 1 amide bonds. The normalized spacial score (nSPS) is 19.6. The zero-order valence-corrected chi connectivity index (χ0v) is 24.3. The Balaban J connectivity index is 1.80. The lowest BCUT2D eigenvalue weighted by atomic mass is 9.92. The fraction of sp³-hybridized carbons (Fsp3) is 0.355. The molecule has 4 rings (SSSR count). The number of nitrogens with two attached hydrogens (primary N) is 1. The first kappa shape index (κ1) is 29.3. The van der Waals surface area contributed by atoms with Crippen LogP contribution in [0, 0.1) is 0 Å². The van der Waals surface area contributed by atoms with Crippen LogP contribution in [0.5, 0.6) is 0 Å². The van der Waals surface area contributed by atoms with E-state index in [4.69, 9.17) is 10.5 Å². The van der Waals surface area contributed by atoms with Crippen molar-refractivity contribution in [2.24, 2.45) is 5.73 Å². The van der Waals surface area contributed by atoms with E-state index >= 15 is 0 Å². The van der Waals surface area contributed by atoms with Crippen LogP contribution in [-0.4, -0.2) is 50.6 Å². The van der Waals surface area contributed by atoms with Crippen molar-refractivity contribution in [2.75, 3.05) is 24.2 Å². The van der Waals surface area contributed by atoms with E-state index in [0.717, 1.165) is 33.7 Å². The minimum absolute atomic E-state index is 0.161. The number of aryl methyl sites for hydroxylation is 1. The summed E-state index contributed by atoms with van der Waals surface area (Å²) in [5, 5.41) is 0. The number of rotatable bonds is 4. The number of anilines is 1. The van der Waals surface area contributed by atoms with Crippen molar-refractivity contribution in [1.29, 1.82) is 0 Å². The smallest absolute Gasteiger partial charge is 0.326 e. The summed E-state index contributed by atoms with van der Waals surface area (Å²) in [5.74, 6) is -0.823. The summed E-state index contributed by atoms with van der Waals surface area (Å²) in [6, 6.07) is 22.4. The molecule has 40 heavy (non-hydrogen) atoms. The fourth-order valence-corrected chi connectivity index (χ4v) is 5.45. The molecule has 1 aliphatic rings. The Morgan fingerprint density at radius 3 is 2.38 bits per heavy atom. The van der Waals surface area contributed by atoms with Crippen molar-refractivity contribution in [1.82, 2.24) is 4.90 Å². The molecule has 0 aromatic heterocycles. The highest BCUT2D eigenvalue weighted by atomic mass is 32.2. The topological polar surface area (TPSA) is 110 Å². The van der Waals surface area contributed by atoms with E-state index in [1.165, 1.54) is 7.05 Å². The number of carbonyl (C=O) groups is 2. The van der Waals surface area contributed by atoms with Crippen molar-refractivity contribution >= 4 is 27.6 Å². The highest BCUT2D eigenvalue weighted by Crippen LogP contribution is 2.27. The van der Waals surface area contributed by atoms with Crippen LogP contribution in [0.15, 0.2) is 72.8 Å². The van der Waals surface area contributed by atoms with E-state index in [2.05, 4.69) is 0 Å². The van der Waals surface area contributed by atoms with Crippen molar-refractivity contribution in [2.45, 2.75) is 51.3 Å². The SMILES string of the molecule is C[C@H](c1ccccc1)N1CCCc2cccc(c2)CC(C)(N)C(=O)OCc2cc(cc(N(C)S(C)(=O)=O)c2)C1=O. The number of hydrogen-bond acceptors (Lipinski definition) is 6. The van der Waals surface area contributed by atoms with Crippen LogP contribution in [0.3, 0.4) is 0 Å². The van der Waals surface area contributed by atoms with Crippen molar-refractivity contribution in [3.63, 3.8) is 0 Å². The monoisotopic (exact) mass is 563 g/mol. The second-order valence-electron chi connectivity index (χ2n) is 10.8. The van der Waals surface area contributed by atoms with E-state index in [0.29, 0.717) is 36.2 Å². The first-order chi connectivity index (χ1) is 18.8. The molecule has 1 unspecified atom stereocenters. The molecule has 0 saturated carbocycles. The lowest BCUT2D eigenvalue weighted by Crippen LogP contribution is -2.48. The Hall–Kier alpha value is -3.69. The van der Waals surface area contributed by atoms with Crippen LogP contribution in [-0.2, 0) is 39.0 Å². The quantitative estimate of drug-likeness (QED) is 0.476. The molecule has 2 atom stereocenters. The van der Waals surface area contributed by atoms with Crippen molar-refractivity contribution < 1.29 is 22.7 Å². The highest BCUT2D eigenvalue weighted by Gasteiger charge is 2.31. The second-order valence-corrected chi connectivity index (χ2v) is 12.8. The van der Waals surface area contributed by atoms with Crippen LogP contribution in [0.2, 0.25) is 0 Å². The molecule has 0 spiro atoms. The molecule has 3 aromatic rings. The molecule has 3 aromatic carbocycles. The van der Waals surface area contributed by atoms with Gasteiger partial charge in [0.15, 0.2) is 0 Å². The molecule has 0 fully saturated rings. The predicted molar refractivity (Wildman–Crippen MR) is 156 cm³/mol. The van der Waals surface area contributed by atoms with Crippen LogP contribution in [0.1, 0.15) is 58.9 Å². The minimum atomic E-state index is -3.61. The van der Waals surface area contributed by atoms with Gasteiger partial charge in [-0.05, 0) is 67.1 Å². The van der Waals surface area contributed by atoms with E-state index < -0.39 is 21.5 Å².